The van der Waals surface area contributed by atoms with Crippen molar-refractivity contribution in [3.05, 3.63) is 22.2 Å². The van der Waals surface area contributed by atoms with Crippen molar-refractivity contribution in [2.24, 2.45) is 0 Å². The average molecular weight is 271 g/mol. The smallest absolute Gasteiger partial charge is 0.303 e. The molecule has 1 heterocycles. The van der Waals surface area contributed by atoms with Crippen molar-refractivity contribution < 1.29 is 19.4 Å². The van der Waals surface area contributed by atoms with E-state index in [1.165, 1.54) is 0 Å². The van der Waals surface area contributed by atoms with Gasteiger partial charge in [-0.1, -0.05) is 18.5 Å². The van der Waals surface area contributed by atoms with Crippen LogP contribution in [0, 0.1) is 0 Å². The molecule has 98 valence electrons. The first kappa shape index (κ1) is 13.0. The minimum atomic E-state index is -0.817. The van der Waals surface area contributed by atoms with E-state index in [1.54, 1.807) is 6.07 Å². The van der Waals surface area contributed by atoms with Gasteiger partial charge in [0.25, 0.3) is 0 Å². The van der Waals surface area contributed by atoms with E-state index in [0.29, 0.717) is 36.2 Å². The molecule has 0 saturated heterocycles. The first-order valence-electron chi connectivity index (χ1n) is 5.95. The van der Waals surface area contributed by atoms with E-state index in [4.69, 9.17) is 26.2 Å². The Balaban J connectivity index is 2.40. The van der Waals surface area contributed by atoms with Crippen LogP contribution in [0.5, 0.6) is 11.5 Å². The molecule has 5 heteroatoms. The Kier molecular flexibility index (Phi) is 3.97. The summed E-state index contributed by atoms with van der Waals surface area (Å²) in [5.74, 6) is 0.443. The van der Waals surface area contributed by atoms with Crippen molar-refractivity contribution in [2.45, 2.75) is 26.2 Å². The molecule has 0 atom stereocenters. The topological polar surface area (TPSA) is 55.8 Å². The highest BCUT2D eigenvalue weighted by Crippen LogP contribution is 2.42. The number of carboxylic acids is 1. The SMILES string of the molecule is CCc1c(CCC(=O)O)cc(Cl)c2c1OCCO2. The van der Waals surface area contributed by atoms with Gasteiger partial charge in [-0.3, -0.25) is 4.79 Å². The third-order valence-corrected chi connectivity index (χ3v) is 3.20. The Hall–Kier alpha value is -1.42. The molecule has 0 radical (unpaired) electrons. The highest BCUT2D eigenvalue weighted by Gasteiger charge is 2.22. The van der Waals surface area contributed by atoms with Gasteiger partial charge < -0.3 is 14.6 Å². The van der Waals surface area contributed by atoms with E-state index in [-0.39, 0.29) is 6.42 Å². The Morgan fingerprint density at radius 2 is 2.06 bits per heavy atom. The summed E-state index contributed by atoms with van der Waals surface area (Å²) in [5.41, 5.74) is 1.92. The van der Waals surface area contributed by atoms with Crippen molar-refractivity contribution in [3.8, 4) is 11.5 Å². The van der Waals surface area contributed by atoms with Crippen LogP contribution in [-0.2, 0) is 17.6 Å². The second-order valence-electron chi connectivity index (χ2n) is 4.10. The Bertz CT molecular complexity index is 471. The van der Waals surface area contributed by atoms with Gasteiger partial charge in [0.05, 0.1) is 5.02 Å². The Labute approximate surface area is 110 Å². The standard InChI is InChI=1S/C13H15ClO4/c1-2-9-8(3-4-11(15)16)7-10(14)13-12(9)17-5-6-18-13/h7H,2-6H2,1H3,(H,15,16). The number of rotatable bonds is 4. The molecule has 1 aromatic rings. The van der Waals surface area contributed by atoms with Crippen molar-refractivity contribution in [2.75, 3.05) is 13.2 Å². The van der Waals surface area contributed by atoms with Gasteiger partial charge in [-0.05, 0) is 24.5 Å². The summed E-state index contributed by atoms with van der Waals surface area (Å²) in [7, 11) is 0. The van der Waals surface area contributed by atoms with Gasteiger partial charge in [0, 0.05) is 12.0 Å². The van der Waals surface area contributed by atoms with Gasteiger partial charge in [0.15, 0.2) is 11.5 Å². The van der Waals surface area contributed by atoms with Gasteiger partial charge in [-0.2, -0.15) is 0 Å². The molecule has 0 aliphatic carbocycles. The van der Waals surface area contributed by atoms with Crippen LogP contribution < -0.4 is 9.47 Å². The molecule has 1 aromatic carbocycles. The molecule has 1 aliphatic rings. The van der Waals surface area contributed by atoms with E-state index in [2.05, 4.69) is 0 Å². The predicted octanol–water partition coefficient (Wildman–Crippen LogP) is 2.69. The minimum Gasteiger partial charge on any atom is -0.486 e. The first-order valence-corrected chi connectivity index (χ1v) is 6.33. The van der Waals surface area contributed by atoms with Crippen LogP contribution in [0.3, 0.4) is 0 Å². The molecule has 0 bridgehead atoms. The zero-order valence-corrected chi connectivity index (χ0v) is 10.9. The molecule has 0 amide bonds. The fourth-order valence-electron chi connectivity index (χ4n) is 2.12. The van der Waals surface area contributed by atoms with Crippen LogP contribution in [0.2, 0.25) is 5.02 Å². The average Bonchev–Trinajstić information content (AvgIpc) is 2.36. The third-order valence-electron chi connectivity index (χ3n) is 2.92. The van der Waals surface area contributed by atoms with Gasteiger partial charge >= 0.3 is 5.97 Å². The van der Waals surface area contributed by atoms with Crippen molar-refractivity contribution in [1.82, 2.24) is 0 Å². The van der Waals surface area contributed by atoms with Gasteiger partial charge in [-0.25, -0.2) is 0 Å². The Morgan fingerprint density at radius 3 is 2.67 bits per heavy atom. The summed E-state index contributed by atoms with van der Waals surface area (Å²) in [6, 6.07) is 1.79. The maximum atomic E-state index is 10.7. The van der Waals surface area contributed by atoms with Crippen LogP contribution in [-0.4, -0.2) is 24.3 Å². The summed E-state index contributed by atoms with van der Waals surface area (Å²) in [5, 5.41) is 9.25. The first-order chi connectivity index (χ1) is 8.63. The molecule has 0 aromatic heterocycles. The zero-order chi connectivity index (χ0) is 13.1. The van der Waals surface area contributed by atoms with E-state index in [0.717, 1.165) is 17.5 Å². The lowest BCUT2D eigenvalue weighted by Crippen LogP contribution is -2.18. The third kappa shape index (κ3) is 2.53. The number of hydrogen-bond acceptors (Lipinski definition) is 3. The van der Waals surface area contributed by atoms with Crippen LogP contribution in [0.15, 0.2) is 6.07 Å². The molecule has 0 spiro atoms. The zero-order valence-electron chi connectivity index (χ0n) is 10.2. The largest absolute Gasteiger partial charge is 0.486 e. The molecule has 18 heavy (non-hydrogen) atoms. The molecule has 1 N–H and O–H groups in total. The molecule has 2 rings (SSSR count). The number of carboxylic acid groups (broad SMARTS) is 1. The van der Waals surface area contributed by atoms with Crippen molar-refractivity contribution in [1.29, 1.82) is 0 Å². The normalized spacial score (nSPS) is 13.4. The maximum absolute atomic E-state index is 10.7. The number of ether oxygens (including phenoxy) is 2. The lowest BCUT2D eigenvalue weighted by atomic mass is 9.99. The number of carbonyl (C=O) groups is 1. The number of aryl methyl sites for hydroxylation is 1. The van der Waals surface area contributed by atoms with Crippen LogP contribution in [0.4, 0.5) is 0 Å². The second kappa shape index (κ2) is 5.48. The number of aliphatic carboxylic acids is 1. The van der Waals surface area contributed by atoms with Gasteiger partial charge in [-0.15, -0.1) is 0 Å². The molecule has 0 unspecified atom stereocenters. The highest BCUT2D eigenvalue weighted by molar-refractivity contribution is 6.32. The fourth-order valence-corrected chi connectivity index (χ4v) is 2.40. The van der Waals surface area contributed by atoms with E-state index < -0.39 is 5.97 Å². The Morgan fingerprint density at radius 1 is 1.39 bits per heavy atom. The van der Waals surface area contributed by atoms with E-state index in [1.807, 2.05) is 6.92 Å². The summed E-state index contributed by atoms with van der Waals surface area (Å²) < 4.78 is 11.1. The van der Waals surface area contributed by atoms with Gasteiger partial charge in [0.1, 0.15) is 13.2 Å². The fraction of sp³-hybridized carbons (Fsp3) is 0.462. The van der Waals surface area contributed by atoms with Crippen molar-refractivity contribution in [3.63, 3.8) is 0 Å². The molecule has 4 nitrogen and oxygen atoms in total. The lowest BCUT2D eigenvalue weighted by Gasteiger charge is -2.23. The molecule has 1 aliphatic heterocycles. The molecule has 0 fully saturated rings. The van der Waals surface area contributed by atoms with E-state index in [9.17, 15) is 4.79 Å². The number of fused-ring (bicyclic) bond motifs is 1. The molecule has 0 saturated carbocycles. The second-order valence-corrected chi connectivity index (χ2v) is 4.51. The molecular formula is C13H15ClO4. The summed E-state index contributed by atoms with van der Waals surface area (Å²) >= 11 is 6.14. The number of benzene rings is 1. The molecular weight excluding hydrogens is 256 g/mol. The quantitative estimate of drug-likeness (QED) is 0.914. The summed E-state index contributed by atoms with van der Waals surface area (Å²) in [6.45, 7) is 2.99. The van der Waals surface area contributed by atoms with Crippen LogP contribution in [0.25, 0.3) is 0 Å². The number of hydrogen-bond donors (Lipinski definition) is 1. The minimum absolute atomic E-state index is 0.0863. The van der Waals surface area contributed by atoms with Gasteiger partial charge in [0.2, 0.25) is 0 Å². The monoisotopic (exact) mass is 270 g/mol. The predicted molar refractivity (Wildman–Crippen MR) is 67.8 cm³/mol. The number of halogens is 1. The highest BCUT2D eigenvalue weighted by atomic mass is 35.5. The summed E-state index contributed by atoms with van der Waals surface area (Å²) in [6.07, 6.45) is 1.30. The summed E-state index contributed by atoms with van der Waals surface area (Å²) in [4.78, 5) is 10.7. The van der Waals surface area contributed by atoms with Crippen LogP contribution in [0.1, 0.15) is 24.5 Å². The van der Waals surface area contributed by atoms with Crippen LogP contribution >= 0.6 is 11.6 Å². The maximum Gasteiger partial charge on any atom is 0.303 e. The lowest BCUT2D eigenvalue weighted by molar-refractivity contribution is -0.136. The van der Waals surface area contributed by atoms with E-state index >= 15 is 0 Å². The van der Waals surface area contributed by atoms with Crippen molar-refractivity contribution >= 4 is 17.6 Å².